The molecule has 0 fully saturated rings. The molecule has 1 aromatic rings. The first-order chi connectivity index (χ1) is 6.27. The first kappa shape index (κ1) is 10.2. The third-order valence-electron chi connectivity index (χ3n) is 1.98. The second kappa shape index (κ2) is 4.94. The fraction of sp³-hybridized carbons (Fsp3) is 0.500. The molecule has 0 bridgehead atoms. The van der Waals surface area contributed by atoms with Crippen molar-refractivity contribution in [3.63, 3.8) is 0 Å². The minimum absolute atomic E-state index is 0.120. The van der Waals surface area contributed by atoms with Crippen LogP contribution in [-0.4, -0.2) is 28.4 Å². The van der Waals surface area contributed by atoms with Gasteiger partial charge in [0.05, 0.1) is 0 Å². The summed E-state index contributed by atoms with van der Waals surface area (Å²) < 4.78 is 0. The molecule has 0 atom stereocenters. The van der Waals surface area contributed by atoms with Gasteiger partial charge in [-0.05, 0) is 18.6 Å². The second-order valence-corrected chi connectivity index (χ2v) is 3.01. The lowest BCUT2D eigenvalue weighted by Crippen LogP contribution is -2.02. The van der Waals surface area contributed by atoms with Crippen LogP contribution in [0.25, 0.3) is 0 Å². The maximum absolute atomic E-state index is 8.78. The smallest absolute Gasteiger partial charge is 0.0486 e. The van der Waals surface area contributed by atoms with E-state index in [4.69, 9.17) is 10.2 Å². The highest BCUT2D eigenvalue weighted by Crippen LogP contribution is 2.07. The molecule has 0 saturated carbocycles. The van der Waals surface area contributed by atoms with E-state index < -0.39 is 0 Å². The van der Waals surface area contributed by atoms with Crippen LogP contribution in [0.15, 0.2) is 12.1 Å². The number of aryl methyl sites for hydroxylation is 1. The van der Waals surface area contributed by atoms with Gasteiger partial charge in [0.25, 0.3) is 0 Å². The molecule has 3 nitrogen and oxygen atoms in total. The summed E-state index contributed by atoms with van der Waals surface area (Å²) in [6, 6.07) is 3.88. The molecule has 0 aliphatic heterocycles. The van der Waals surface area contributed by atoms with Gasteiger partial charge in [0.2, 0.25) is 0 Å². The first-order valence-corrected chi connectivity index (χ1v) is 4.45. The van der Waals surface area contributed by atoms with Crippen LogP contribution in [0.3, 0.4) is 0 Å². The van der Waals surface area contributed by atoms with Gasteiger partial charge in [-0.3, -0.25) is 4.98 Å². The van der Waals surface area contributed by atoms with E-state index in [1.807, 2.05) is 19.1 Å². The SMILES string of the molecule is Cc1ccc(CCO)nc1CCO. The topological polar surface area (TPSA) is 53.4 Å². The van der Waals surface area contributed by atoms with E-state index in [0.717, 1.165) is 17.0 Å². The van der Waals surface area contributed by atoms with Crippen molar-refractivity contribution in [2.75, 3.05) is 13.2 Å². The number of aromatic nitrogens is 1. The van der Waals surface area contributed by atoms with E-state index >= 15 is 0 Å². The highest BCUT2D eigenvalue weighted by molar-refractivity contribution is 5.21. The van der Waals surface area contributed by atoms with Crippen LogP contribution >= 0.6 is 0 Å². The molecule has 0 unspecified atom stereocenters. The third kappa shape index (κ3) is 2.79. The average molecular weight is 181 g/mol. The molecule has 0 radical (unpaired) electrons. The molecule has 1 aromatic heterocycles. The van der Waals surface area contributed by atoms with E-state index in [0.29, 0.717) is 12.8 Å². The zero-order valence-corrected chi connectivity index (χ0v) is 7.82. The van der Waals surface area contributed by atoms with Gasteiger partial charge in [0, 0.05) is 37.4 Å². The summed E-state index contributed by atoms with van der Waals surface area (Å²) in [6.45, 7) is 2.21. The van der Waals surface area contributed by atoms with Crippen LogP contribution in [0.5, 0.6) is 0 Å². The Morgan fingerprint density at radius 1 is 1.15 bits per heavy atom. The van der Waals surface area contributed by atoms with Crippen molar-refractivity contribution in [2.24, 2.45) is 0 Å². The van der Waals surface area contributed by atoms with Crippen molar-refractivity contribution >= 4 is 0 Å². The van der Waals surface area contributed by atoms with Gasteiger partial charge in [-0.2, -0.15) is 0 Å². The molecule has 2 N–H and O–H groups in total. The van der Waals surface area contributed by atoms with Crippen molar-refractivity contribution in [1.82, 2.24) is 4.98 Å². The van der Waals surface area contributed by atoms with Crippen LogP contribution in [0.4, 0.5) is 0 Å². The zero-order chi connectivity index (χ0) is 9.68. The second-order valence-electron chi connectivity index (χ2n) is 3.01. The molecule has 3 heteroatoms. The number of rotatable bonds is 4. The summed E-state index contributed by atoms with van der Waals surface area (Å²) in [7, 11) is 0. The molecule has 13 heavy (non-hydrogen) atoms. The summed E-state index contributed by atoms with van der Waals surface area (Å²) >= 11 is 0. The van der Waals surface area contributed by atoms with E-state index in [2.05, 4.69) is 4.98 Å². The van der Waals surface area contributed by atoms with Crippen molar-refractivity contribution < 1.29 is 10.2 Å². The highest BCUT2D eigenvalue weighted by Gasteiger charge is 2.01. The van der Waals surface area contributed by atoms with Gasteiger partial charge in [-0.25, -0.2) is 0 Å². The Morgan fingerprint density at radius 3 is 2.46 bits per heavy atom. The molecule has 0 spiro atoms. The number of nitrogens with zero attached hydrogens (tertiary/aromatic N) is 1. The molecule has 0 saturated heterocycles. The van der Waals surface area contributed by atoms with Gasteiger partial charge in [-0.15, -0.1) is 0 Å². The minimum Gasteiger partial charge on any atom is -0.396 e. The lowest BCUT2D eigenvalue weighted by Gasteiger charge is -2.05. The Labute approximate surface area is 78.1 Å². The van der Waals surface area contributed by atoms with Crippen molar-refractivity contribution in [3.8, 4) is 0 Å². The fourth-order valence-electron chi connectivity index (χ4n) is 1.23. The Bertz CT molecular complexity index is 274. The van der Waals surface area contributed by atoms with Gasteiger partial charge < -0.3 is 10.2 Å². The van der Waals surface area contributed by atoms with Crippen LogP contribution in [0, 0.1) is 6.92 Å². The minimum atomic E-state index is 0.120. The van der Waals surface area contributed by atoms with Crippen molar-refractivity contribution in [2.45, 2.75) is 19.8 Å². The van der Waals surface area contributed by atoms with Crippen LogP contribution in [0.2, 0.25) is 0 Å². The predicted octanol–water partition coefficient (Wildman–Crippen LogP) is 0.460. The molecule has 0 amide bonds. The lowest BCUT2D eigenvalue weighted by atomic mass is 10.1. The first-order valence-electron chi connectivity index (χ1n) is 4.45. The van der Waals surface area contributed by atoms with Gasteiger partial charge >= 0.3 is 0 Å². The molecule has 0 aliphatic rings. The van der Waals surface area contributed by atoms with E-state index in [-0.39, 0.29) is 13.2 Å². The molecular weight excluding hydrogens is 166 g/mol. The van der Waals surface area contributed by atoms with Crippen LogP contribution < -0.4 is 0 Å². The quantitative estimate of drug-likeness (QED) is 0.709. The van der Waals surface area contributed by atoms with Gasteiger partial charge in [0.15, 0.2) is 0 Å². The summed E-state index contributed by atoms with van der Waals surface area (Å²) in [5.74, 6) is 0. The highest BCUT2D eigenvalue weighted by atomic mass is 16.3. The summed E-state index contributed by atoms with van der Waals surface area (Å²) in [4.78, 5) is 4.33. The Balaban J connectivity index is 2.83. The molecular formula is C10H15NO2. The van der Waals surface area contributed by atoms with E-state index in [1.165, 1.54) is 0 Å². The van der Waals surface area contributed by atoms with Crippen molar-refractivity contribution in [3.05, 3.63) is 29.1 Å². The normalized spacial score (nSPS) is 10.4. The average Bonchev–Trinajstić information content (AvgIpc) is 2.12. The summed E-state index contributed by atoms with van der Waals surface area (Å²) in [5, 5.41) is 17.5. The van der Waals surface area contributed by atoms with Gasteiger partial charge in [0.1, 0.15) is 0 Å². The lowest BCUT2D eigenvalue weighted by molar-refractivity contribution is 0.295. The molecule has 0 aliphatic carbocycles. The van der Waals surface area contributed by atoms with E-state index in [1.54, 1.807) is 0 Å². The molecule has 0 aromatic carbocycles. The maximum Gasteiger partial charge on any atom is 0.0486 e. The number of aliphatic hydroxyl groups excluding tert-OH is 2. The van der Waals surface area contributed by atoms with Gasteiger partial charge in [-0.1, -0.05) is 6.07 Å². The number of aliphatic hydroxyl groups is 2. The zero-order valence-electron chi connectivity index (χ0n) is 7.82. The molecule has 1 rings (SSSR count). The number of hydrogen-bond donors (Lipinski definition) is 2. The number of hydrogen-bond acceptors (Lipinski definition) is 3. The standard InChI is InChI=1S/C10H15NO2/c1-8-2-3-9(4-6-12)11-10(8)5-7-13/h2-3,12-13H,4-7H2,1H3. The maximum atomic E-state index is 8.78. The molecule has 72 valence electrons. The Kier molecular flexibility index (Phi) is 3.86. The fourth-order valence-corrected chi connectivity index (χ4v) is 1.23. The predicted molar refractivity (Wildman–Crippen MR) is 50.6 cm³/mol. The monoisotopic (exact) mass is 181 g/mol. The Hall–Kier alpha value is -0.930. The summed E-state index contributed by atoms with van der Waals surface area (Å²) in [5.41, 5.74) is 2.90. The Morgan fingerprint density at radius 2 is 1.85 bits per heavy atom. The van der Waals surface area contributed by atoms with Crippen LogP contribution in [-0.2, 0) is 12.8 Å². The summed E-state index contributed by atoms with van der Waals surface area (Å²) in [6.07, 6.45) is 1.17. The van der Waals surface area contributed by atoms with Crippen LogP contribution in [0.1, 0.15) is 17.0 Å². The largest absolute Gasteiger partial charge is 0.396 e. The number of pyridine rings is 1. The molecule has 1 heterocycles. The van der Waals surface area contributed by atoms with Crippen molar-refractivity contribution in [1.29, 1.82) is 0 Å². The van der Waals surface area contributed by atoms with E-state index in [9.17, 15) is 0 Å². The third-order valence-corrected chi connectivity index (χ3v) is 1.98.